The summed E-state index contributed by atoms with van der Waals surface area (Å²) in [6.45, 7) is 4.83. The molecule has 4 aromatic heterocycles. The number of aliphatic hydroxyl groups excluding tert-OH is 4. The van der Waals surface area contributed by atoms with E-state index < -0.39 is 169 Å². The maximum Gasteiger partial charge on any atom is 0.481 e. The molecule has 2 aliphatic heterocycles. The number of imidazole rings is 2. The van der Waals surface area contributed by atoms with E-state index in [-0.39, 0.29) is 83.2 Å². The van der Waals surface area contributed by atoms with Gasteiger partial charge in [0.1, 0.15) is 72.5 Å². The Morgan fingerprint density at radius 1 is 0.528 bits per heavy atom. The molecule has 6 rings (SSSR count). The van der Waals surface area contributed by atoms with Crippen LogP contribution in [-0.4, -0.2) is 245 Å². The van der Waals surface area contributed by atoms with E-state index in [0.717, 1.165) is 70.8 Å². The van der Waals surface area contributed by atoms with Crippen molar-refractivity contribution in [1.29, 1.82) is 0 Å². The van der Waals surface area contributed by atoms with E-state index in [1.54, 1.807) is 0 Å². The summed E-state index contributed by atoms with van der Waals surface area (Å²) in [7, 11) is -32.7. The molecular weight excluding hydrogens is 1590 g/mol. The third-order valence-electron chi connectivity index (χ3n) is 14.4. The molecular formula is C50H84N14O34P6S2. The molecule has 4 aromatic rings. The van der Waals surface area contributed by atoms with Crippen LogP contribution < -0.4 is 32.7 Å². The Labute approximate surface area is 610 Å². The van der Waals surface area contributed by atoms with Gasteiger partial charge < -0.3 is 102 Å². The summed E-state index contributed by atoms with van der Waals surface area (Å²) in [5.41, 5.74) is 8.53. The second kappa shape index (κ2) is 39.8. The summed E-state index contributed by atoms with van der Waals surface area (Å²) >= 11 is 2.19. The molecule has 600 valence electrons. The minimum absolute atomic E-state index is 0.0127. The Morgan fingerprint density at radius 3 is 1.20 bits per heavy atom. The number of carbonyl (C=O) groups excluding carboxylic acids is 6. The lowest BCUT2D eigenvalue weighted by Crippen LogP contribution is -2.46. The van der Waals surface area contributed by atoms with Crippen LogP contribution in [-0.2, 0) is 101 Å². The smallest absolute Gasteiger partial charge is 0.386 e. The fourth-order valence-corrected chi connectivity index (χ4v) is 16.4. The number of nitrogens with one attached hydrogen (secondary N) is 4. The van der Waals surface area contributed by atoms with E-state index in [0.29, 0.717) is 24.3 Å². The maximum atomic E-state index is 12.6. The second-order valence-corrected chi connectivity index (χ2v) is 34.9. The van der Waals surface area contributed by atoms with Gasteiger partial charge in [0.05, 0.1) is 39.1 Å². The van der Waals surface area contributed by atoms with Crippen molar-refractivity contribution in [2.24, 2.45) is 10.8 Å². The third kappa shape index (κ3) is 29.1. The highest BCUT2D eigenvalue weighted by Gasteiger charge is 2.53. The van der Waals surface area contributed by atoms with Crippen LogP contribution in [0.2, 0.25) is 0 Å². The van der Waals surface area contributed by atoms with Gasteiger partial charge in [-0.1, -0.05) is 65.1 Å². The molecule has 0 aromatic carbocycles. The monoisotopic (exact) mass is 1670 g/mol. The molecule has 2 aliphatic rings. The van der Waals surface area contributed by atoms with Crippen molar-refractivity contribution in [3.63, 3.8) is 0 Å². The number of aromatic nitrogens is 8. The van der Waals surface area contributed by atoms with Crippen molar-refractivity contribution in [3.05, 3.63) is 25.3 Å². The minimum atomic E-state index is -5.56. The van der Waals surface area contributed by atoms with Gasteiger partial charge in [0, 0.05) is 74.2 Å². The van der Waals surface area contributed by atoms with Crippen LogP contribution in [0.15, 0.2) is 25.3 Å². The number of hydrogen-bond acceptors (Lipinski definition) is 36. The Morgan fingerprint density at radius 2 is 0.868 bits per heavy atom. The number of nitrogens with two attached hydrogens (primary N) is 2. The number of rotatable bonds is 42. The van der Waals surface area contributed by atoms with E-state index in [1.165, 1.54) is 27.7 Å². The van der Waals surface area contributed by atoms with Crippen molar-refractivity contribution in [2.45, 2.75) is 141 Å². The van der Waals surface area contributed by atoms with E-state index >= 15 is 0 Å². The first kappa shape index (κ1) is 91.7. The number of aliphatic hydroxyl groups is 4. The number of amides is 4. The second-order valence-electron chi connectivity index (χ2n) is 24.1. The minimum Gasteiger partial charge on any atom is -0.386 e. The molecule has 56 heteroatoms. The molecule has 6 heterocycles. The van der Waals surface area contributed by atoms with E-state index in [2.05, 4.69) is 68.8 Å². The summed E-state index contributed by atoms with van der Waals surface area (Å²) in [5.74, 6) is -2.11. The van der Waals surface area contributed by atoms with E-state index in [4.69, 9.17) is 39.0 Å². The number of phosphoric acid groups is 6. The van der Waals surface area contributed by atoms with Crippen molar-refractivity contribution in [1.82, 2.24) is 60.3 Å². The lowest BCUT2D eigenvalue weighted by atomic mass is 9.87. The number of phosphoric ester groups is 6. The van der Waals surface area contributed by atoms with Crippen molar-refractivity contribution in [3.8, 4) is 0 Å². The quantitative estimate of drug-likeness (QED) is 0.0185. The zero-order chi connectivity index (χ0) is 79.6. The molecule has 2 fully saturated rings. The van der Waals surface area contributed by atoms with E-state index in [1.807, 2.05) is 13.8 Å². The number of carbonyl (C=O) groups is 6. The van der Waals surface area contributed by atoms with Gasteiger partial charge in [-0.05, 0) is 12.8 Å². The van der Waals surface area contributed by atoms with Crippen molar-refractivity contribution >= 4 is 138 Å². The molecule has 0 spiro atoms. The first-order valence-corrected chi connectivity index (χ1v) is 42.2. The molecule has 6 unspecified atom stereocenters. The zero-order valence-electron chi connectivity index (χ0n) is 57.0. The molecule has 2 saturated heterocycles. The van der Waals surface area contributed by atoms with Crippen LogP contribution >= 0.6 is 70.5 Å². The van der Waals surface area contributed by atoms with Crippen molar-refractivity contribution < 1.29 is 161 Å². The molecule has 0 aliphatic carbocycles. The molecule has 48 nitrogen and oxygen atoms in total. The first-order valence-electron chi connectivity index (χ1n) is 31.2. The number of fused-ring (bicyclic) bond motifs is 2. The largest absolute Gasteiger partial charge is 0.481 e. The summed E-state index contributed by atoms with van der Waals surface area (Å²) < 4.78 is 124. The van der Waals surface area contributed by atoms with E-state index in [9.17, 15) is 116 Å². The fourth-order valence-electron chi connectivity index (χ4n) is 9.14. The topological polar surface area (TPSA) is 727 Å². The highest BCUT2D eigenvalue weighted by Crippen LogP contribution is 2.63. The number of hydrogen-bond donors (Lipinski definition) is 18. The summed E-state index contributed by atoms with van der Waals surface area (Å²) in [4.78, 5) is 174. The van der Waals surface area contributed by atoms with Gasteiger partial charge >= 0.3 is 46.9 Å². The Hall–Kier alpha value is -4.88. The maximum absolute atomic E-state index is 12.6. The summed E-state index contributed by atoms with van der Waals surface area (Å²) in [6, 6.07) is 0. The Bertz CT molecular complexity index is 3740. The molecule has 0 saturated carbocycles. The summed E-state index contributed by atoms with van der Waals surface area (Å²) in [5, 5.41) is 52.6. The number of nitrogens with zero attached hydrogens (tertiary/aromatic N) is 8. The standard InChI is InChI=1S/2C25H42N7O17P3S/c2*1-4-5-16(34)53-9-8-27-15(33)6-7-28-23(37)20(36)25(2,3)11-46-52(43,44)49-51(41,42)45-10-14-19(48-50(38,39)40)18(35)24(47-14)32-13-31-17-21(26)29-12-30-22(17)32/h2*12-14,18-20,24,35-36H,4-11H2,1-3H3,(H,27,33)(H,28,37)(H,41,42)(H,43,44)(H2,26,29,30)(H2,38,39,40)/t2*14-,18-,19-,20?,24-/m11/s1. The van der Waals surface area contributed by atoms with Crippen LogP contribution in [0.4, 0.5) is 11.6 Å². The van der Waals surface area contributed by atoms with Gasteiger partial charge in [0.15, 0.2) is 45.6 Å². The number of nitrogen functional groups attached to an aromatic ring is 2. The lowest BCUT2D eigenvalue weighted by Gasteiger charge is -2.30. The Balaban J connectivity index is 0.000000381. The van der Waals surface area contributed by atoms with Crippen LogP contribution in [0, 0.1) is 10.8 Å². The zero-order valence-corrected chi connectivity index (χ0v) is 64.0. The predicted molar refractivity (Wildman–Crippen MR) is 364 cm³/mol. The Kier molecular flexibility index (Phi) is 34.5. The fraction of sp³-hybridized carbons (Fsp3) is 0.680. The molecule has 0 bridgehead atoms. The van der Waals surface area contributed by atoms with Crippen LogP contribution in [0.3, 0.4) is 0 Å². The number of ether oxygens (including phenoxy) is 2. The molecule has 20 N–H and O–H groups in total. The molecule has 14 atom stereocenters. The highest BCUT2D eigenvalue weighted by molar-refractivity contribution is 8.13. The predicted octanol–water partition coefficient (Wildman–Crippen LogP) is -1.07. The normalized spacial score (nSPS) is 22.2. The number of anilines is 2. The molecule has 0 radical (unpaired) electrons. The third-order valence-corrected chi connectivity index (χ3v) is 22.5. The molecule has 4 amide bonds. The van der Waals surface area contributed by atoms with Gasteiger partial charge in [-0.25, -0.2) is 57.3 Å². The van der Waals surface area contributed by atoms with Gasteiger partial charge in [0.2, 0.25) is 23.6 Å². The van der Waals surface area contributed by atoms with Crippen LogP contribution in [0.25, 0.3) is 22.3 Å². The van der Waals surface area contributed by atoms with Crippen LogP contribution in [0.1, 0.15) is 92.5 Å². The van der Waals surface area contributed by atoms with Gasteiger partial charge in [-0.15, -0.1) is 0 Å². The van der Waals surface area contributed by atoms with Gasteiger partial charge in [-0.3, -0.25) is 65.0 Å². The van der Waals surface area contributed by atoms with Gasteiger partial charge in [-0.2, -0.15) is 8.62 Å². The van der Waals surface area contributed by atoms with Crippen molar-refractivity contribution in [2.75, 3.05) is 75.6 Å². The highest BCUT2D eigenvalue weighted by atomic mass is 32.2. The first-order chi connectivity index (χ1) is 49.1. The number of thioether (sulfide) groups is 2. The summed E-state index contributed by atoms with van der Waals surface area (Å²) in [6.07, 6.45) is -11.5. The van der Waals surface area contributed by atoms with Crippen LogP contribution in [0.5, 0.6) is 0 Å². The lowest BCUT2D eigenvalue weighted by molar-refractivity contribution is -0.137. The SMILES string of the molecule is CCCC(=O)SCCNC(=O)CCNC(=O)C(O)C(C)(C)COP(=O)(O)OP(=O)(O)OC[C@H]1O[C@@H](n2cnc3c(N)ncnc32)[C@H](O)[C@@H]1OP(=O)(O)O.CCCC(=O)SCCNC(=O)CCNC(=O)C(O)C(C)(C)COP(=O)(O)OP(=O)(O)OC[C@H]1O[C@@H](n2cnc3c(N)ncnc32)[C@H](O)[C@@H]1OP(=O)(O)O. The average Bonchev–Trinajstić information content (AvgIpc) is 1.62. The molecule has 106 heavy (non-hydrogen) atoms. The van der Waals surface area contributed by atoms with Gasteiger partial charge in [0.25, 0.3) is 0 Å². The average molecular weight is 1680 g/mol.